The molecular formula is C10H10BrCl2NO3S. The smallest absolute Gasteiger partial charge is 0.244 e. The molecule has 0 bridgehead atoms. The van der Waals surface area contributed by atoms with Crippen LogP contribution in [0, 0.1) is 0 Å². The van der Waals surface area contributed by atoms with Crippen molar-refractivity contribution in [2.75, 3.05) is 0 Å². The van der Waals surface area contributed by atoms with Crippen molar-refractivity contribution >= 4 is 54.9 Å². The molecule has 0 aliphatic rings. The number of halogens is 3. The Kier molecular flexibility index (Phi) is 5.20. The van der Waals surface area contributed by atoms with Crippen LogP contribution in [0.2, 0.25) is 10.0 Å². The van der Waals surface area contributed by atoms with E-state index in [9.17, 15) is 13.2 Å². The molecule has 0 saturated heterocycles. The maximum atomic E-state index is 12.1. The standard InChI is InChI=1S/C10H10BrCl2NO3S/c1-5(6(2)15)14-18(16,17)10-8(12)3-7(11)4-9(10)13/h3-5,14H,1-2H3. The molecule has 0 amide bonds. The molecule has 1 aromatic carbocycles. The van der Waals surface area contributed by atoms with Crippen LogP contribution in [-0.4, -0.2) is 20.2 Å². The van der Waals surface area contributed by atoms with Crippen LogP contribution in [0.5, 0.6) is 0 Å². The zero-order chi connectivity index (χ0) is 14.1. The highest BCUT2D eigenvalue weighted by molar-refractivity contribution is 9.10. The molecule has 1 aromatic rings. The minimum Gasteiger partial charge on any atom is -0.298 e. The third kappa shape index (κ3) is 3.68. The molecule has 8 heteroatoms. The van der Waals surface area contributed by atoms with Gasteiger partial charge in [-0.05, 0) is 26.0 Å². The van der Waals surface area contributed by atoms with Gasteiger partial charge in [-0.25, -0.2) is 13.1 Å². The summed E-state index contributed by atoms with van der Waals surface area (Å²) in [6, 6.07) is 1.99. The SMILES string of the molecule is CC(=O)C(C)NS(=O)(=O)c1c(Cl)cc(Br)cc1Cl. The molecule has 0 aliphatic heterocycles. The van der Waals surface area contributed by atoms with Crippen molar-refractivity contribution in [2.45, 2.75) is 24.8 Å². The second-order valence-corrected chi connectivity index (χ2v) is 7.03. The summed E-state index contributed by atoms with van der Waals surface area (Å²) >= 11 is 14.9. The Balaban J connectivity index is 3.25. The highest BCUT2D eigenvalue weighted by Gasteiger charge is 2.25. The van der Waals surface area contributed by atoms with Gasteiger partial charge in [-0.1, -0.05) is 39.1 Å². The number of rotatable bonds is 4. The summed E-state index contributed by atoms with van der Waals surface area (Å²) in [6.07, 6.45) is 0. The zero-order valence-electron chi connectivity index (χ0n) is 9.50. The number of carbonyl (C=O) groups is 1. The lowest BCUT2D eigenvalue weighted by Crippen LogP contribution is -2.37. The van der Waals surface area contributed by atoms with E-state index in [-0.39, 0.29) is 20.7 Å². The van der Waals surface area contributed by atoms with E-state index >= 15 is 0 Å². The van der Waals surface area contributed by atoms with E-state index in [4.69, 9.17) is 23.2 Å². The number of sulfonamides is 1. The highest BCUT2D eigenvalue weighted by atomic mass is 79.9. The van der Waals surface area contributed by atoms with Crippen LogP contribution >= 0.6 is 39.1 Å². The van der Waals surface area contributed by atoms with Gasteiger partial charge in [-0.2, -0.15) is 0 Å². The van der Waals surface area contributed by atoms with Crippen LogP contribution < -0.4 is 4.72 Å². The van der Waals surface area contributed by atoms with E-state index in [1.165, 1.54) is 26.0 Å². The minimum absolute atomic E-state index is 0.0161. The summed E-state index contributed by atoms with van der Waals surface area (Å²) < 4.78 is 26.9. The molecule has 4 nitrogen and oxygen atoms in total. The second kappa shape index (κ2) is 5.88. The van der Waals surface area contributed by atoms with Gasteiger partial charge >= 0.3 is 0 Å². The Bertz CT molecular complexity index is 566. The number of ketones is 1. The second-order valence-electron chi connectivity index (χ2n) is 3.65. The van der Waals surface area contributed by atoms with Gasteiger partial charge in [0.05, 0.1) is 16.1 Å². The van der Waals surface area contributed by atoms with Gasteiger partial charge in [0.2, 0.25) is 10.0 Å². The quantitative estimate of drug-likeness (QED) is 0.880. The normalized spacial score (nSPS) is 13.4. The van der Waals surface area contributed by atoms with E-state index < -0.39 is 16.1 Å². The van der Waals surface area contributed by atoms with E-state index in [2.05, 4.69) is 20.7 Å². The Morgan fingerprint density at radius 1 is 1.33 bits per heavy atom. The predicted octanol–water partition coefficient (Wildman–Crippen LogP) is 3.01. The molecule has 1 unspecified atom stereocenters. The molecule has 0 aliphatic carbocycles. The number of benzene rings is 1. The zero-order valence-corrected chi connectivity index (χ0v) is 13.4. The molecule has 0 aromatic heterocycles. The van der Waals surface area contributed by atoms with E-state index in [0.29, 0.717) is 4.47 Å². The first-order chi connectivity index (χ1) is 8.15. The average molecular weight is 375 g/mol. The number of hydrogen-bond acceptors (Lipinski definition) is 3. The predicted molar refractivity (Wildman–Crippen MR) is 74.6 cm³/mol. The summed E-state index contributed by atoms with van der Waals surface area (Å²) in [5.74, 6) is -0.303. The Morgan fingerprint density at radius 3 is 2.17 bits per heavy atom. The van der Waals surface area contributed by atoms with Crippen molar-refractivity contribution < 1.29 is 13.2 Å². The largest absolute Gasteiger partial charge is 0.298 e. The van der Waals surface area contributed by atoms with Crippen LogP contribution in [0.15, 0.2) is 21.5 Å². The first-order valence-electron chi connectivity index (χ1n) is 4.82. The highest BCUT2D eigenvalue weighted by Crippen LogP contribution is 2.32. The lowest BCUT2D eigenvalue weighted by Gasteiger charge is -2.13. The molecule has 0 fully saturated rings. The van der Waals surface area contributed by atoms with Gasteiger partial charge in [0.15, 0.2) is 0 Å². The molecule has 0 heterocycles. The third-order valence-corrected chi connectivity index (χ3v) is 5.09. The third-order valence-electron chi connectivity index (χ3n) is 2.17. The maximum absolute atomic E-state index is 12.1. The van der Waals surface area contributed by atoms with Gasteiger partial charge in [-0.15, -0.1) is 0 Å². The van der Waals surface area contributed by atoms with E-state index in [0.717, 1.165) is 0 Å². The van der Waals surface area contributed by atoms with Crippen LogP contribution in [0.25, 0.3) is 0 Å². The fourth-order valence-electron chi connectivity index (χ4n) is 1.16. The Morgan fingerprint density at radius 2 is 1.78 bits per heavy atom. The van der Waals surface area contributed by atoms with Crippen molar-refractivity contribution in [2.24, 2.45) is 0 Å². The summed E-state index contributed by atoms with van der Waals surface area (Å²) in [7, 11) is -3.94. The number of nitrogens with one attached hydrogen (secondary N) is 1. The molecule has 100 valence electrons. The van der Waals surface area contributed by atoms with Crippen LogP contribution in [0.1, 0.15) is 13.8 Å². The number of carbonyl (C=O) groups excluding carboxylic acids is 1. The van der Waals surface area contributed by atoms with Crippen LogP contribution in [-0.2, 0) is 14.8 Å². The maximum Gasteiger partial charge on any atom is 0.244 e. The first-order valence-corrected chi connectivity index (χ1v) is 7.85. The molecule has 0 saturated carbocycles. The minimum atomic E-state index is -3.94. The molecule has 0 radical (unpaired) electrons. The van der Waals surface area contributed by atoms with Crippen molar-refractivity contribution in [3.63, 3.8) is 0 Å². The number of hydrogen-bond donors (Lipinski definition) is 1. The van der Waals surface area contributed by atoms with E-state index in [1.54, 1.807) is 0 Å². The fourth-order valence-corrected chi connectivity index (χ4v) is 4.36. The summed E-state index contributed by atoms with van der Waals surface area (Å²) in [4.78, 5) is 10.8. The summed E-state index contributed by atoms with van der Waals surface area (Å²) in [5.41, 5.74) is 0. The lowest BCUT2D eigenvalue weighted by atomic mass is 10.3. The topological polar surface area (TPSA) is 63.2 Å². The van der Waals surface area contributed by atoms with Crippen molar-refractivity contribution in [3.05, 3.63) is 26.7 Å². The van der Waals surface area contributed by atoms with Crippen LogP contribution in [0.4, 0.5) is 0 Å². The molecule has 1 rings (SSSR count). The molecule has 1 N–H and O–H groups in total. The van der Waals surface area contributed by atoms with Crippen molar-refractivity contribution in [1.82, 2.24) is 4.72 Å². The van der Waals surface area contributed by atoms with E-state index in [1.807, 2.05) is 0 Å². The molecule has 1 atom stereocenters. The summed E-state index contributed by atoms with van der Waals surface area (Å²) in [5, 5.41) is -0.0322. The van der Waals surface area contributed by atoms with Gasteiger partial charge < -0.3 is 0 Å². The van der Waals surface area contributed by atoms with Gasteiger partial charge in [0.1, 0.15) is 10.7 Å². The first kappa shape index (κ1) is 15.9. The van der Waals surface area contributed by atoms with Gasteiger partial charge in [0.25, 0.3) is 0 Å². The summed E-state index contributed by atoms with van der Waals surface area (Å²) in [6.45, 7) is 2.73. The molecule has 18 heavy (non-hydrogen) atoms. The Labute approximate surface area is 124 Å². The lowest BCUT2D eigenvalue weighted by molar-refractivity contribution is -0.118. The average Bonchev–Trinajstić information content (AvgIpc) is 2.13. The fraction of sp³-hybridized carbons (Fsp3) is 0.300. The molecule has 0 spiro atoms. The van der Waals surface area contributed by atoms with Gasteiger partial charge in [-0.3, -0.25) is 4.79 Å². The van der Waals surface area contributed by atoms with Gasteiger partial charge in [0, 0.05) is 4.47 Å². The monoisotopic (exact) mass is 373 g/mol. The van der Waals surface area contributed by atoms with Crippen molar-refractivity contribution in [3.8, 4) is 0 Å². The van der Waals surface area contributed by atoms with Crippen molar-refractivity contribution in [1.29, 1.82) is 0 Å². The van der Waals surface area contributed by atoms with Crippen LogP contribution in [0.3, 0.4) is 0 Å². The molecular weight excluding hydrogens is 365 g/mol. The number of Topliss-reactive ketones (excluding diaryl/α,β-unsaturated/α-hetero) is 1. The Hall–Kier alpha value is -0.140.